The van der Waals surface area contributed by atoms with Crippen molar-refractivity contribution in [1.82, 2.24) is 10.2 Å². The zero-order valence-electron chi connectivity index (χ0n) is 15.5. The molecule has 1 atom stereocenters. The van der Waals surface area contributed by atoms with Gasteiger partial charge in [-0.2, -0.15) is 0 Å². The molecule has 7 nitrogen and oxygen atoms in total. The second kappa shape index (κ2) is 7.71. The predicted molar refractivity (Wildman–Crippen MR) is 107 cm³/mol. The van der Waals surface area contributed by atoms with E-state index in [0.29, 0.717) is 29.8 Å². The molecule has 2 aromatic rings. The molecule has 0 aromatic heterocycles. The molecule has 0 radical (unpaired) electrons. The van der Waals surface area contributed by atoms with E-state index in [1.54, 1.807) is 34.9 Å². The van der Waals surface area contributed by atoms with Gasteiger partial charge in [0.2, 0.25) is 17.7 Å². The maximum atomic E-state index is 12.9. The number of nitrogens with two attached hydrogens (primary N) is 1. The van der Waals surface area contributed by atoms with Crippen LogP contribution < -0.4 is 11.1 Å². The van der Waals surface area contributed by atoms with Gasteiger partial charge in [0.25, 0.3) is 5.91 Å². The summed E-state index contributed by atoms with van der Waals surface area (Å²) in [6.07, 6.45) is 0.582. The van der Waals surface area contributed by atoms with E-state index in [1.807, 2.05) is 24.3 Å². The largest absolute Gasteiger partial charge is 0.366 e. The molecule has 4 rings (SSSR count). The van der Waals surface area contributed by atoms with E-state index in [2.05, 4.69) is 5.32 Å². The number of primary amides is 1. The molecule has 4 amide bonds. The minimum Gasteiger partial charge on any atom is -0.366 e. The second-order valence-electron chi connectivity index (χ2n) is 7.03. The van der Waals surface area contributed by atoms with Crippen molar-refractivity contribution in [2.45, 2.75) is 36.1 Å². The molecule has 0 bridgehead atoms. The average Bonchev–Trinajstić information content (AvgIpc) is 3.04. The highest BCUT2D eigenvalue weighted by Crippen LogP contribution is 2.35. The van der Waals surface area contributed by atoms with Gasteiger partial charge in [0, 0.05) is 34.7 Å². The van der Waals surface area contributed by atoms with Gasteiger partial charge in [0.15, 0.2) is 0 Å². The molecular formula is C21H19N3O4S. The van der Waals surface area contributed by atoms with E-state index < -0.39 is 17.9 Å². The van der Waals surface area contributed by atoms with Crippen LogP contribution in [0.4, 0.5) is 0 Å². The number of thioether (sulfide) groups is 1. The normalized spacial score (nSPS) is 18.6. The summed E-state index contributed by atoms with van der Waals surface area (Å²) in [5.74, 6) is -0.678. The summed E-state index contributed by atoms with van der Waals surface area (Å²) in [5.41, 5.74) is 8.27. The molecule has 29 heavy (non-hydrogen) atoms. The fourth-order valence-electron chi connectivity index (χ4n) is 3.62. The number of hydrogen-bond donors (Lipinski definition) is 2. The summed E-state index contributed by atoms with van der Waals surface area (Å²) in [6.45, 7) is 0.351. The topological polar surface area (TPSA) is 110 Å². The highest BCUT2D eigenvalue weighted by Gasteiger charge is 2.39. The SMILES string of the molecule is NC(=O)c1ccc(CSc2cccc3c2CN(C2CCC(=O)NC2=O)C3=O)cc1. The van der Waals surface area contributed by atoms with Gasteiger partial charge in [-0.15, -0.1) is 11.8 Å². The zero-order valence-corrected chi connectivity index (χ0v) is 16.3. The molecule has 2 aromatic carbocycles. The van der Waals surface area contributed by atoms with Crippen molar-refractivity contribution in [3.05, 3.63) is 64.7 Å². The Balaban J connectivity index is 1.50. The lowest BCUT2D eigenvalue weighted by Gasteiger charge is -2.29. The van der Waals surface area contributed by atoms with Crippen LogP contribution in [0.15, 0.2) is 47.4 Å². The number of fused-ring (bicyclic) bond motifs is 1. The molecule has 1 saturated heterocycles. The summed E-state index contributed by atoms with van der Waals surface area (Å²) in [4.78, 5) is 50.2. The van der Waals surface area contributed by atoms with Gasteiger partial charge < -0.3 is 10.6 Å². The van der Waals surface area contributed by atoms with Crippen molar-refractivity contribution < 1.29 is 19.2 Å². The maximum absolute atomic E-state index is 12.9. The Labute approximate surface area is 171 Å². The molecule has 8 heteroatoms. The smallest absolute Gasteiger partial charge is 0.255 e. The number of rotatable bonds is 5. The Morgan fingerprint density at radius 2 is 1.90 bits per heavy atom. The summed E-state index contributed by atoms with van der Waals surface area (Å²) in [7, 11) is 0. The van der Waals surface area contributed by atoms with Crippen molar-refractivity contribution in [3.8, 4) is 0 Å². The van der Waals surface area contributed by atoms with E-state index >= 15 is 0 Å². The van der Waals surface area contributed by atoms with Crippen molar-refractivity contribution in [3.63, 3.8) is 0 Å². The molecule has 0 saturated carbocycles. The summed E-state index contributed by atoms with van der Waals surface area (Å²) >= 11 is 1.60. The first-order valence-corrected chi connectivity index (χ1v) is 10.2. The first-order chi connectivity index (χ1) is 13.9. The van der Waals surface area contributed by atoms with E-state index in [9.17, 15) is 19.2 Å². The fourth-order valence-corrected chi connectivity index (χ4v) is 4.66. The van der Waals surface area contributed by atoms with Crippen LogP contribution in [0.25, 0.3) is 0 Å². The highest BCUT2D eigenvalue weighted by molar-refractivity contribution is 7.98. The van der Waals surface area contributed by atoms with Gasteiger partial charge in [-0.3, -0.25) is 24.5 Å². The third kappa shape index (κ3) is 3.75. The number of carbonyl (C=O) groups is 4. The molecule has 1 unspecified atom stereocenters. The van der Waals surface area contributed by atoms with Gasteiger partial charge in [-0.05, 0) is 41.8 Å². The Bertz CT molecular complexity index is 1020. The minimum atomic E-state index is -0.619. The fraction of sp³-hybridized carbons (Fsp3) is 0.238. The van der Waals surface area contributed by atoms with Gasteiger partial charge >= 0.3 is 0 Å². The Hall–Kier alpha value is -3.13. The molecule has 2 aliphatic heterocycles. The van der Waals surface area contributed by atoms with Crippen LogP contribution in [0.1, 0.15) is 44.7 Å². The van der Waals surface area contributed by atoms with E-state index in [1.165, 1.54) is 0 Å². The van der Waals surface area contributed by atoms with Crippen LogP contribution in [0.3, 0.4) is 0 Å². The third-order valence-corrected chi connectivity index (χ3v) is 6.34. The number of carbonyl (C=O) groups excluding carboxylic acids is 4. The number of amides is 4. The average molecular weight is 409 g/mol. The van der Waals surface area contributed by atoms with Crippen LogP contribution in [-0.4, -0.2) is 34.6 Å². The first-order valence-electron chi connectivity index (χ1n) is 9.22. The Kier molecular flexibility index (Phi) is 5.10. The summed E-state index contributed by atoms with van der Waals surface area (Å²) in [6, 6.07) is 12.1. The quantitative estimate of drug-likeness (QED) is 0.578. The molecule has 1 fully saturated rings. The van der Waals surface area contributed by atoms with Crippen LogP contribution in [0.5, 0.6) is 0 Å². The Morgan fingerprint density at radius 1 is 1.14 bits per heavy atom. The molecule has 0 spiro atoms. The van der Waals surface area contributed by atoms with Crippen LogP contribution >= 0.6 is 11.8 Å². The lowest BCUT2D eigenvalue weighted by molar-refractivity contribution is -0.136. The van der Waals surface area contributed by atoms with Gasteiger partial charge in [-0.1, -0.05) is 18.2 Å². The molecule has 148 valence electrons. The standard InChI is InChI=1S/C21H19N3O4S/c22-19(26)13-6-4-12(5-7-13)11-29-17-3-1-2-14-15(17)10-24(21(14)28)16-8-9-18(25)23-20(16)27/h1-7,16H,8-11H2,(H2,22,26)(H,23,25,27). The lowest BCUT2D eigenvalue weighted by atomic mass is 10.0. The summed E-state index contributed by atoms with van der Waals surface area (Å²) < 4.78 is 0. The number of nitrogens with zero attached hydrogens (tertiary/aromatic N) is 1. The minimum absolute atomic E-state index is 0.178. The molecule has 0 aliphatic carbocycles. The van der Waals surface area contributed by atoms with Crippen molar-refractivity contribution in [2.75, 3.05) is 0 Å². The lowest BCUT2D eigenvalue weighted by Crippen LogP contribution is -2.52. The molecular weight excluding hydrogens is 390 g/mol. The van der Waals surface area contributed by atoms with Gasteiger partial charge in [0.05, 0.1) is 0 Å². The van der Waals surface area contributed by atoms with Crippen molar-refractivity contribution >= 4 is 35.4 Å². The molecule has 2 aliphatic rings. The second-order valence-corrected chi connectivity index (χ2v) is 8.05. The monoisotopic (exact) mass is 409 g/mol. The van der Waals surface area contributed by atoms with Crippen molar-refractivity contribution in [1.29, 1.82) is 0 Å². The van der Waals surface area contributed by atoms with E-state index in [0.717, 1.165) is 16.0 Å². The maximum Gasteiger partial charge on any atom is 0.255 e. The summed E-state index contributed by atoms with van der Waals surface area (Å²) in [5, 5.41) is 2.32. The first kappa shape index (κ1) is 19.2. The van der Waals surface area contributed by atoms with Gasteiger partial charge in [-0.25, -0.2) is 0 Å². The molecule has 3 N–H and O–H groups in total. The van der Waals surface area contributed by atoms with Crippen molar-refractivity contribution in [2.24, 2.45) is 5.73 Å². The number of piperidine rings is 1. The number of nitrogens with one attached hydrogen (secondary N) is 1. The van der Waals surface area contributed by atoms with E-state index in [4.69, 9.17) is 5.73 Å². The highest BCUT2D eigenvalue weighted by atomic mass is 32.2. The van der Waals surface area contributed by atoms with Crippen LogP contribution in [0.2, 0.25) is 0 Å². The van der Waals surface area contributed by atoms with Gasteiger partial charge in [0.1, 0.15) is 6.04 Å². The third-order valence-electron chi connectivity index (χ3n) is 5.17. The number of benzene rings is 2. The van der Waals surface area contributed by atoms with Crippen LogP contribution in [-0.2, 0) is 21.9 Å². The Morgan fingerprint density at radius 3 is 2.59 bits per heavy atom. The number of imide groups is 1. The zero-order chi connectivity index (χ0) is 20.5. The molecule has 2 heterocycles. The van der Waals surface area contributed by atoms with E-state index in [-0.39, 0.29) is 18.2 Å². The number of hydrogen-bond acceptors (Lipinski definition) is 5. The van der Waals surface area contributed by atoms with Crippen LogP contribution in [0, 0.1) is 0 Å². The predicted octanol–water partition coefficient (Wildman–Crippen LogP) is 1.84.